The van der Waals surface area contributed by atoms with Crippen molar-refractivity contribution in [2.45, 2.75) is 0 Å². The summed E-state index contributed by atoms with van der Waals surface area (Å²) in [4.78, 5) is 12.6. The summed E-state index contributed by atoms with van der Waals surface area (Å²) in [5, 5.41) is 0.672. The molecule has 0 saturated carbocycles. The van der Waals surface area contributed by atoms with Gasteiger partial charge in [0.25, 0.3) is 0 Å². The average molecular weight is 302 g/mol. The van der Waals surface area contributed by atoms with Gasteiger partial charge in [0, 0.05) is 18.0 Å². The zero-order chi connectivity index (χ0) is 13.9. The van der Waals surface area contributed by atoms with Crippen LogP contribution in [-0.4, -0.2) is 15.0 Å². The number of halogens is 2. The molecule has 0 aliphatic carbocycles. The number of hydrogen-bond donors (Lipinski definition) is 0. The number of nitrogens with zero attached hydrogens (tertiary/aromatic N) is 3. The van der Waals surface area contributed by atoms with Crippen molar-refractivity contribution in [3.05, 3.63) is 65.2 Å². The van der Waals surface area contributed by atoms with Gasteiger partial charge in [-0.1, -0.05) is 53.5 Å². The molecular weight excluding hydrogens is 293 g/mol. The summed E-state index contributed by atoms with van der Waals surface area (Å²) in [5.74, 6) is 0.488. The first kappa shape index (κ1) is 13.0. The lowest BCUT2D eigenvalue weighted by Crippen LogP contribution is -1.94. The molecule has 0 spiro atoms. The third-order valence-electron chi connectivity index (χ3n) is 2.82. The Morgan fingerprint density at radius 2 is 1.30 bits per heavy atom. The van der Waals surface area contributed by atoms with Crippen LogP contribution in [-0.2, 0) is 0 Å². The van der Waals surface area contributed by atoms with E-state index in [4.69, 9.17) is 23.2 Å². The normalized spacial score (nSPS) is 10.5. The Balaban J connectivity index is 2.13. The van der Waals surface area contributed by atoms with Crippen molar-refractivity contribution in [3.8, 4) is 22.5 Å². The maximum Gasteiger partial charge on any atom is 0.162 e. The fourth-order valence-electron chi connectivity index (χ4n) is 1.88. The first-order valence-electron chi connectivity index (χ1n) is 5.94. The van der Waals surface area contributed by atoms with Crippen molar-refractivity contribution in [1.29, 1.82) is 0 Å². The van der Waals surface area contributed by atoms with E-state index in [2.05, 4.69) is 15.0 Å². The highest BCUT2D eigenvalue weighted by Gasteiger charge is 2.14. The van der Waals surface area contributed by atoms with Gasteiger partial charge in [0.1, 0.15) is 10.3 Å². The number of pyridine rings is 1. The molecule has 0 atom stereocenters. The van der Waals surface area contributed by atoms with Crippen LogP contribution in [0.2, 0.25) is 10.3 Å². The minimum atomic E-state index is 0.336. The largest absolute Gasteiger partial charge is 0.265 e. The zero-order valence-electron chi connectivity index (χ0n) is 10.3. The molecule has 0 amide bonds. The Morgan fingerprint density at radius 3 is 1.90 bits per heavy atom. The van der Waals surface area contributed by atoms with E-state index in [0.717, 1.165) is 11.1 Å². The Labute approximate surface area is 126 Å². The second-order valence-electron chi connectivity index (χ2n) is 4.11. The van der Waals surface area contributed by atoms with E-state index >= 15 is 0 Å². The molecule has 0 saturated heterocycles. The quantitative estimate of drug-likeness (QED) is 0.654. The molecule has 2 heterocycles. The zero-order valence-corrected chi connectivity index (χ0v) is 11.8. The average Bonchev–Trinajstić information content (AvgIpc) is 2.48. The number of aromatic nitrogens is 3. The van der Waals surface area contributed by atoms with Gasteiger partial charge in [0.05, 0.1) is 5.56 Å². The Kier molecular flexibility index (Phi) is 3.63. The minimum Gasteiger partial charge on any atom is -0.265 e. The van der Waals surface area contributed by atoms with E-state index in [9.17, 15) is 0 Å². The van der Waals surface area contributed by atoms with Crippen molar-refractivity contribution >= 4 is 23.2 Å². The van der Waals surface area contributed by atoms with E-state index in [1.54, 1.807) is 12.4 Å². The van der Waals surface area contributed by atoms with Gasteiger partial charge >= 0.3 is 0 Å². The van der Waals surface area contributed by atoms with Gasteiger partial charge in [-0.25, -0.2) is 9.97 Å². The van der Waals surface area contributed by atoms with Crippen LogP contribution in [0.15, 0.2) is 54.9 Å². The summed E-state index contributed by atoms with van der Waals surface area (Å²) in [5.41, 5.74) is 2.36. The van der Waals surface area contributed by atoms with Crippen LogP contribution >= 0.6 is 23.2 Å². The molecule has 3 rings (SSSR count). The molecule has 0 N–H and O–H groups in total. The SMILES string of the molecule is Clc1nc(-c2ccncc2)nc(Cl)c1-c1ccccc1. The third kappa shape index (κ3) is 2.50. The van der Waals surface area contributed by atoms with E-state index in [0.29, 0.717) is 21.7 Å². The van der Waals surface area contributed by atoms with Crippen molar-refractivity contribution in [1.82, 2.24) is 15.0 Å². The monoisotopic (exact) mass is 301 g/mol. The second kappa shape index (κ2) is 5.57. The molecule has 0 bridgehead atoms. The lowest BCUT2D eigenvalue weighted by molar-refractivity contribution is 1.17. The van der Waals surface area contributed by atoms with Gasteiger partial charge in [-0.2, -0.15) is 0 Å². The first-order chi connectivity index (χ1) is 9.75. The van der Waals surface area contributed by atoms with Crippen LogP contribution in [0.5, 0.6) is 0 Å². The Hall–Kier alpha value is -1.97. The van der Waals surface area contributed by atoms with E-state index < -0.39 is 0 Å². The summed E-state index contributed by atoms with van der Waals surface area (Å²) >= 11 is 12.5. The van der Waals surface area contributed by atoms with Crippen molar-refractivity contribution in [2.24, 2.45) is 0 Å². The first-order valence-corrected chi connectivity index (χ1v) is 6.70. The van der Waals surface area contributed by atoms with Crippen LogP contribution < -0.4 is 0 Å². The van der Waals surface area contributed by atoms with Gasteiger partial charge in [-0.15, -0.1) is 0 Å². The topological polar surface area (TPSA) is 38.7 Å². The molecule has 20 heavy (non-hydrogen) atoms. The lowest BCUT2D eigenvalue weighted by Gasteiger charge is -2.08. The predicted molar refractivity (Wildman–Crippen MR) is 80.7 cm³/mol. The second-order valence-corrected chi connectivity index (χ2v) is 4.82. The van der Waals surface area contributed by atoms with Crippen LogP contribution in [0.25, 0.3) is 22.5 Å². The molecule has 0 radical (unpaired) electrons. The van der Waals surface area contributed by atoms with Gasteiger partial charge in [-0.3, -0.25) is 4.98 Å². The molecule has 5 heteroatoms. The molecule has 98 valence electrons. The molecule has 0 unspecified atom stereocenters. The fraction of sp³-hybridized carbons (Fsp3) is 0. The van der Waals surface area contributed by atoms with Crippen LogP contribution in [0.3, 0.4) is 0 Å². The lowest BCUT2D eigenvalue weighted by atomic mass is 10.1. The maximum atomic E-state index is 6.27. The summed E-state index contributed by atoms with van der Waals surface area (Å²) in [7, 11) is 0. The smallest absolute Gasteiger partial charge is 0.162 e. The van der Waals surface area contributed by atoms with Gasteiger partial charge < -0.3 is 0 Å². The van der Waals surface area contributed by atoms with E-state index in [1.165, 1.54) is 0 Å². The molecule has 1 aromatic carbocycles. The van der Waals surface area contributed by atoms with Gasteiger partial charge in [-0.05, 0) is 17.7 Å². The number of rotatable bonds is 2. The maximum absolute atomic E-state index is 6.27. The molecule has 0 aliphatic heterocycles. The summed E-state index contributed by atoms with van der Waals surface area (Å²) in [6.07, 6.45) is 3.34. The van der Waals surface area contributed by atoms with Crippen molar-refractivity contribution in [2.75, 3.05) is 0 Å². The Bertz CT molecular complexity index is 708. The summed E-state index contributed by atoms with van der Waals surface area (Å²) < 4.78 is 0. The highest BCUT2D eigenvalue weighted by atomic mass is 35.5. The summed E-state index contributed by atoms with van der Waals surface area (Å²) in [6, 6.07) is 13.2. The van der Waals surface area contributed by atoms with Crippen molar-refractivity contribution < 1.29 is 0 Å². The minimum absolute atomic E-state index is 0.336. The molecule has 0 aliphatic rings. The van der Waals surface area contributed by atoms with Crippen LogP contribution in [0.1, 0.15) is 0 Å². The van der Waals surface area contributed by atoms with Crippen molar-refractivity contribution in [3.63, 3.8) is 0 Å². The van der Waals surface area contributed by atoms with Gasteiger partial charge in [0.2, 0.25) is 0 Å². The van der Waals surface area contributed by atoms with E-state index in [1.807, 2.05) is 42.5 Å². The van der Waals surface area contributed by atoms with Gasteiger partial charge in [0.15, 0.2) is 5.82 Å². The molecule has 3 aromatic rings. The standard InChI is InChI=1S/C15H9Cl2N3/c16-13-12(10-4-2-1-3-5-10)14(17)20-15(19-13)11-6-8-18-9-7-11/h1-9H. The molecule has 3 nitrogen and oxygen atoms in total. The Morgan fingerprint density at radius 1 is 0.700 bits per heavy atom. The fourth-order valence-corrected chi connectivity index (χ4v) is 2.49. The predicted octanol–water partition coefficient (Wildman–Crippen LogP) is 4.51. The number of benzene rings is 1. The van der Waals surface area contributed by atoms with Crippen LogP contribution in [0, 0.1) is 0 Å². The highest BCUT2D eigenvalue weighted by Crippen LogP contribution is 2.33. The molecule has 2 aromatic heterocycles. The molecule has 0 fully saturated rings. The third-order valence-corrected chi connectivity index (χ3v) is 3.37. The summed E-state index contributed by atoms with van der Waals surface area (Å²) in [6.45, 7) is 0. The number of hydrogen-bond acceptors (Lipinski definition) is 3. The molecular formula is C15H9Cl2N3. The highest BCUT2D eigenvalue weighted by molar-refractivity contribution is 6.37. The van der Waals surface area contributed by atoms with Crippen LogP contribution in [0.4, 0.5) is 0 Å². The van der Waals surface area contributed by atoms with E-state index in [-0.39, 0.29) is 0 Å².